The van der Waals surface area contributed by atoms with Crippen LogP contribution >= 0.6 is 0 Å². The van der Waals surface area contributed by atoms with Gasteiger partial charge in [0.15, 0.2) is 0 Å². The fourth-order valence-electron chi connectivity index (χ4n) is 3.37. The van der Waals surface area contributed by atoms with E-state index in [1.807, 2.05) is 11.0 Å². The van der Waals surface area contributed by atoms with Crippen LogP contribution in [0.25, 0.3) is 10.9 Å². The largest absolute Gasteiger partial charge is 0.341 e. The Hall–Kier alpha value is -1.81. The van der Waals surface area contributed by atoms with Crippen molar-refractivity contribution in [3.8, 4) is 0 Å². The number of carbonyl (C=O) groups excluding carboxylic acids is 1. The summed E-state index contributed by atoms with van der Waals surface area (Å²) in [4.78, 5) is 14.4. The standard InChI is InChI=1S/C17H23N3O/c1-13-14(8-9-18)15-6-2-3-7-16(15)20(13)12-17(21)19-10-4-5-11-19/h2-3,6-7H,4-5,8-12,18H2,1H3. The molecule has 0 radical (unpaired) electrons. The number of rotatable bonds is 4. The SMILES string of the molecule is Cc1c(CCN)c2ccccc2n1CC(=O)N1CCCC1. The van der Waals surface area contributed by atoms with Crippen molar-refractivity contribution in [2.24, 2.45) is 5.73 Å². The molecule has 0 bridgehead atoms. The number of likely N-dealkylation sites (tertiary alicyclic amines) is 1. The summed E-state index contributed by atoms with van der Waals surface area (Å²) in [5.74, 6) is 0.232. The lowest BCUT2D eigenvalue weighted by atomic mass is 10.1. The van der Waals surface area contributed by atoms with E-state index in [2.05, 4.69) is 29.7 Å². The van der Waals surface area contributed by atoms with Gasteiger partial charge in [0.05, 0.1) is 0 Å². The first kappa shape index (κ1) is 14.1. The lowest BCUT2D eigenvalue weighted by molar-refractivity contribution is -0.130. The highest BCUT2D eigenvalue weighted by Crippen LogP contribution is 2.26. The van der Waals surface area contributed by atoms with Gasteiger partial charge in [-0.25, -0.2) is 0 Å². The zero-order valence-corrected chi connectivity index (χ0v) is 12.6. The summed E-state index contributed by atoms with van der Waals surface area (Å²) in [6.45, 7) is 4.99. The molecule has 0 aliphatic carbocycles. The van der Waals surface area contributed by atoms with Crippen LogP contribution in [0.4, 0.5) is 0 Å². The Kier molecular flexibility index (Phi) is 3.97. The van der Waals surface area contributed by atoms with Gasteiger partial charge in [-0.1, -0.05) is 18.2 Å². The van der Waals surface area contributed by atoms with Crippen molar-refractivity contribution in [3.05, 3.63) is 35.5 Å². The van der Waals surface area contributed by atoms with Gasteiger partial charge in [-0.2, -0.15) is 0 Å². The summed E-state index contributed by atoms with van der Waals surface area (Å²) in [6.07, 6.45) is 3.13. The van der Waals surface area contributed by atoms with E-state index in [-0.39, 0.29) is 5.91 Å². The van der Waals surface area contributed by atoms with Crippen molar-refractivity contribution in [3.63, 3.8) is 0 Å². The topological polar surface area (TPSA) is 51.3 Å². The number of hydrogen-bond acceptors (Lipinski definition) is 2. The van der Waals surface area contributed by atoms with Crippen LogP contribution in [0.5, 0.6) is 0 Å². The van der Waals surface area contributed by atoms with E-state index in [0.29, 0.717) is 13.1 Å². The van der Waals surface area contributed by atoms with Gasteiger partial charge in [0, 0.05) is 29.7 Å². The first-order valence-corrected chi connectivity index (χ1v) is 7.77. The number of benzene rings is 1. The summed E-state index contributed by atoms with van der Waals surface area (Å²) in [7, 11) is 0. The molecule has 1 amide bonds. The molecule has 3 rings (SSSR count). The lowest BCUT2D eigenvalue weighted by Gasteiger charge is -2.17. The van der Waals surface area contributed by atoms with Crippen molar-refractivity contribution in [2.75, 3.05) is 19.6 Å². The molecule has 1 saturated heterocycles. The molecule has 1 fully saturated rings. The highest BCUT2D eigenvalue weighted by molar-refractivity contribution is 5.87. The monoisotopic (exact) mass is 285 g/mol. The summed E-state index contributed by atoms with van der Waals surface area (Å²) in [5, 5.41) is 1.23. The molecule has 2 aromatic rings. The summed E-state index contributed by atoms with van der Waals surface area (Å²) < 4.78 is 2.15. The van der Waals surface area contributed by atoms with Crippen molar-refractivity contribution in [1.82, 2.24) is 9.47 Å². The van der Waals surface area contributed by atoms with Crippen LogP contribution in [0.2, 0.25) is 0 Å². The molecule has 1 aliphatic rings. The minimum absolute atomic E-state index is 0.232. The fourth-order valence-corrected chi connectivity index (χ4v) is 3.37. The van der Waals surface area contributed by atoms with Crippen molar-refractivity contribution < 1.29 is 4.79 Å². The third kappa shape index (κ3) is 2.56. The van der Waals surface area contributed by atoms with Gasteiger partial charge in [0.25, 0.3) is 0 Å². The van der Waals surface area contributed by atoms with Gasteiger partial charge in [-0.05, 0) is 44.4 Å². The van der Waals surface area contributed by atoms with Crippen LogP contribution in [-0.4, -0.2) is 35.0 Å². The Labute approximate surface area is 125 Å². The predicted molar refractivity (Wildman–Crippen MR) is 85.2 cm³/mol. The number of para-hydroxylation sites is 1. The Morgan fingerprint density at radius 2 is 1.95 bits per heavy atom. The quantitative estimate of drug-likeness (QED) is 0.935. The fraction of sp³-hybridized carbons (Fsp3) is 0.471. The second kappa shape index (κ2) is 5.90. The maximum atomic E-state index is 12.5. The van der Waals surface area contributed by atoms with Crippen molar-refractivity contribution in [2.45, 2.75) is 32.7 Å². The Morgan fingerprint density at radius 3 is 2.67 bits per heavy atom. The molecule has 1 aliphatic heterocycles. The van der Waals surface area contributed by atoms with E-state index in [0.717, 1.165) is 37.9 Å². The first-order valence-electron chi connectivity index (χ1n) is 7.77. The minimum Gasteiger partial charge on any atom is -0.341 e. The van der Waals surface area contributed by atoms with Crippen LogP contribution < -0.4 is 5.73 Å². The highest BCUT2D eigenvalue weighted by Gasteiger charge is 2.21. The number of amides is 1. The van der Waals surface area contributed by atoms with Gasteiger partial charge in [-0.15, -0.1) is 0 Å². The first-order chi connectivity index (χ1) is 10.2. The minimum atomic E-state index is 0.232. The van der Waals surface area contributed by atoms with E-state index in [1.165, 1.54) is 16.6 Å². The average molecular weight is 285 g/mol. The van der Waals surface area contributed by atoms with Crippen LogP contribution in [0.1, 0.15) is 24.1 Å². The number of nitrogens with two attached hydrogens (primary N) is 1. The third-order valence-corrected chi connectivity index (χ3v) is 4.51. The second-order valence-electron chi connectivity index (χ2n) is 5.79. The van der Waals surface area contributed by atoms with Crippen LogP contribution in [-0.2, 0) is 17.8 Å². The maximum absolute atomic E-state index is 12.5. The highest BCUT2D eigenvalue weighted by atomic mass is 16.2. The molecule has 1 aromatic heterocycles. The molecule has 4 nitrogen and oxygen atoms in total. The van der Waals surface area contributed by atoms with Gasteiger partial charge in [-0.3, -0.25) is 4.79 Å². The molecule has 112 valence electrons. The molecular weight excluding hydrogens is 262 g/mol. The van der Waals surface area contributed by atoms with Crippen molar-refractivity contribution >= 4 is 16.8 Å². The van der Waals surface area contributed by atoms with E-state index in [1.54, 1.807) is 0 Å². The number of aromatic nitrogens is 1. The second-order valence-corrected chi connectivity index (χ2v) is 5.79. The molecule has 0 atom stereocenters. The van der Waals surface area contributed by atoms with Crippen molar-refractivity contribution in [1.29, 1.82) is 0 Å². The molecular formula is C17H23N3O. The van der Waals surface area contributed by atoms with E-state index < -0.39 is 0 Å². The number of nitrogens with zero attached hydrogens (tertiary/aromatic N) is 2. The lowest BCUT2D eigenvalue weighted by Crippen LogP contribution is -2.31. The van der Waals surface area contributed by atoms with Crippen LogP contribution in [0.3, 0.4) is 0 Å². The maximum Gasteiger partial charge on any atom is 0.242 e. The molecule has 0 unspecified atom stereocenters. The molecule has 2 N–H and O–H groups in total. The Bertz CT molecular complexity index is 653. The molecule has 0 saturated carbocycles. The van der Waals surface area contributed by atoms with Crippen LogP contribution in [0.15, 0.2) is 24.3 Å². The number of hydrogen-bond donors (Lipinski definition) is 1. The third-order valence-electron chi connectivity index (χ3n) is 4.51. The number of carbonyl (C=O) groups is 1. The van der Waals surface area contributed by atoms with E-state index in [4.69, 9.17) is 5.73 Å². The van der Waals surface area contributed by atoms with Gasteiger partial charge < -0.3 is 15.2 Å². The van der Waals surface area contributed by atoms with Gasteiger partial charge in [0.2, 0.25) is 5.91 Å². The summed E-state index contributed by atoms with van der Waals surface area (Å²) in [6, 6.07) is 8.31. The number of fused-ring (bicyclic) bond motifs is 1. The van der Waals surface area contributed by atoms with Gasteiger partial charge >= 0.3 is 0 Å². The normalized spacial score (nSPS) is 15.0. The molecule has 2 heterocycles. The molecule has 0 spiro atoms. The summed E-state index contributed by atoms with van der Waals surface area (Å²) >= 11 is 0. The van der Waals surface area contributed by atoms with E-state index >= 15 is 0 Å². The molecule has 21 heavy (non-hydrogen) atoms. The smallest absolute Gasteiger partial charge is 0.242 e. The summed E-state index contributed by atoms with van der Waals surface area (Å²) in [5.41, 5.74) is 9.35. The average Bonchev–Trinajstić information content (AvgIpc) is 3.11. The zero-order valence-electron chi connectivity index (χ0n) is 12.6. The molecule has 4 heteroatoms. The molecule has 1 aromatic carbocycles. The van der Waals surface area contributed by atoms with E-state index in [9.17, 15) is 4.79 Å². The predicted octanol–water partition coefficient (Wildman–Crippen LogP) is 2.07. The van der Waals surface area contributed by atoms with Crippen LogP contribution in [0, 0.1) is 6.92 Å². The zero-order chi connectivity index (χ0) is 14.8. The Balaban J connectivity index is 1.97. The Morgan fingerprint density at radius 1 is 1.24 bits per heavy atom. The van der Waals surface area contributed by atoms with Gasteiger partial charge in [0.1, 0.15) is 6.54 Å².